The molecule has 2 atom stereocenters. The number of hydrogen-bond donors (Lipinski definition) is 2. The molecule has 3 rings (SSSR count). The molecule has 7 heteroatoms. The first-order valence-corrected chi connectivity index (χ1v) is 8.07. The average molecular weight is 329 g/mol. The van der Waals surface area contributed by atoms with Gasteiger partial charge < -0.3 is 15.4 Å². The van der Waals surface area contributed by atoms with Crippen LogP contribution in [0.2, 0.25) is 0 Å². The van der Waals surface area contributed by atoms with Crippen LogP contribution in [0.4, 0.5) is 10.5 Å². The summed E-state index contributed by atoms with van der Waals surface area (Å²) in [5, 5.41) is 10.3. The monoisotopic (exact) mass is 329 g/mol. The molecule has 0 aromatic carbocycles. The van der Waals surface area contributed by atoms with Gasteiger partial charge in [-0.3, -0.25) is 9.67 Å². The summed E-state index contributed by atoms with van der Waals surface area (Å²) in [7, 11) is 1.92. The number of urea groups is 1. The zero-order valence-corrected chi connectivity index (χ0v) is 14.5. The molecule has 0 bridgehead atoms. The molecule has 1 fully saturated rings. The molecule has 2 aromatic rings. The third kappa shape index (κ3) is 3.12. The quantitative estimate of drug-likeness (QED) is 0.906. The largest absolute Gasteiger partial charge is 0.371 e. The lowest BCUT2D eigenvalue weighted by atomic mass is 10.0. The van der Waals surface area contributed by atoms with Crippen LogP contribution in [0.1, 0.15) is 35.0 Å². The number of anilines is 1. The van der Waals surface area contributed by atoms with Gasteiger partial charge in [-0.25, -0.2) is 4.79 Å². The molecular weight excluding hydrogens is 306 g/mol. The number of carbonyl (C=O) groups excluding carboxylic acids is 1. The summed E-state index contributed by atoms with van der Waals surface area (Å²) < 4.78 is 7.74. The van der Waals surface area contributed by atoms with Gasteiger partial charge in [0.05, 0.1) is 23.6 Å². The van der Waals surface area contributed by atoms with Crippen molar-refractivity contribution in [2.45, 2.75) is 39.3 Å². The number of ether oxygens (including phenoxy) is 1. The fourth-order valence-electron chi connectivity index (χ4n) is 3.15. The second-order valence-corrected chi connectivity index (χ2v) is 6.18. The molecule has 2 N–H and O–H groups in total. The van der Waals surface area contributed by atoms with Crippen molar-refractivity contribution >= 4 is 11.7 Å². The van der Waals surface area contributed by atoms with Gasteiger partial charge in [0, 0.05) is 31.1 Å². The number of rotatable bonds is 3. The van der Waals surface area contributed by atoms with Crippen LogP contribution >= 0.6 is 0 Å². The van der Waals surface area contributed by atoms with E-state index in [2.05, 4.69) is 20.7 Å². The van der Waals surface area contributed by atoms with Crippen LogP contribution in [0.25, 0.3) is 0 Å². The van der Waals surface area contributed by atoms with Crippen LogP contribution < -0.4 is 10.6 Å². The lowest BCUT2D eigenvalue weighted by Crippen LogP contribution is -2.40. The number of nitrogens with one attached hydrogen (secondary N) is 2. The number of nitrogens with zero attached hydrogens (tertiary/aromatic N) is 3. The Kier molecular flexibility index (Phi) is 4.53. The van der Waals surface area contributed by atoms with E-state index < -0.39 is 0 Å². The minimum absolute atomic E-state index is 0.0800. The molecule has 7 nitrogen and oxygen atoms in total. The van der Waals surface area contributed by atoms with Gasteiger partial charge in [0.2, 0.25) is 0 Å². The highest BCUT2D eigenvalue weighted by molar-refractivity contribution is 5.90. The van der Waals surface area contributed by atoms with E-state index in [0.717, 1.165) is 28.9 Å². The maximum Gasteiger partial charge on any atom is 0.319 e. The molecule has 2 aromatic heterocycles. The van der Waals surface area contributed by atoms with Gasteiger partial charge in [-0.15, -0.1) is 0 Å². The summed E-state index contributed by atoms with van der Waals surface area (Å²) in [6.07, 6.45) is 3.96. The van der Waals surface area contributed by atoms with Crippen molar-refractivity contribution in [1.29, 1.82) is 0 Å². The van der Waals surface area contributed by atoms with Crippen molar-refractivity contribution in [1.82, 2.24) is 20.1 Å². The highest BCUT2D eigenvalue weighted by Crippen LogP contribution is 2.33. The first kappa shape index (κ1) is 16.4. The van der Waals surface area contributed by atoms with Crippen LogP contribution in [0, 0.1) is 20.8 Å². The number of carbonyl (C=O) groups is 1. The van der Waals surface area contributed by atoms with Crippen molar-refractivity contribution in [3.63, 3.8) is 0 Å². The van der Waals surface area contributed by atoms with E-state index in [9.17, 15) is 4.79 Å². The van der Waals surface area contributed by atoms with Crippen molar-refractivity contribution in [2.75, 3.05) is 11.9 Å². The number of pyridine rings is 1. The van der Waals surface area contributed by atoms with Crippen molar-refractivity contribution < 1.29 is 9.53 Å². The highest BCUT2D eigenvalue weighted by atomic mass is 16.5. The molecule has 3 heterocycles. The fraction of sp³-hybridized carbons (Fsp3) is 0.471. The molecule has 1 aliphatic heterocycles. The Morgan fingerprint density at radius 1 is 1.38 bits per heavy atom. The summed E-state index contributed by atoms with van der Waals surface area (Å²) in [5.41, 5.74) is 4.75. The van der Waals surface area contributed by atoms with E-state index in [4.69, 9.17) is 4.74 Å². The van der Waals surface area contributed by atoms with Crippen molar-refractivity contribution in [3.8, 4) is 0 Å². The van der Waals surface area contributed by atoms with E-state index in [1.807, 2.05) is 38.6 Å². The summed E-state index contributed by atoms with van der Waals surface area (Å²) >= 11 is 0. The summed E-state index contributed by atoms with van der Waals surface area (Å²) in [6, 6.07) is 1.54. The highest BCUT2D eigenvalue weighted by Gasteiger charge is 2.34. The Balaban J connectivity index is 1.72. The minimum atomic E-state index is -0.245. The van der Waals surface area contributed by atoms with Crippen LogP contribution in [0.5, 0.6) is 0 Å². The van der Waals surface area contributed by atoms with Crippen LogP contribution in [0.3, 0.4) is 0 Å². The SMILES string of the molecule is Cc1ccncc1NC(=O)N[C@H]1CCO[C@@H]1c1c(C)nn(C)c1C. The molecule has 0 unspecified atom stereocenters. The van der Waals surface area contributed by atoms with Crippen LogP contribution in [-0.2, 0) is 11.8 Å². The second kappa shape index (κ2) is 6.60. The van der Waals surface area contributed by atoms with Gasteiger partial charge in [0.15, 0.2) is 0 Å². The third-order valence-corrected chi connectivity index (χ3v) is 4.54. The third-order valence-electron chi connectivity index (χ3n) is 4.54. The van der Waals surface area contributed by atoms with E-state index in [-0.39, 0.29) is 18.2 Å². The Bertz CT molecular complexity index is 755. The first-order chi connectivity index (χ1) is 11.5. The molecule has 0 radical (unpaired) electrons. The number of hydrogen-bond acceptors (Lipinski definition) is 4. The van der Waals surface area contributed by atoms with Gasteiger partial charge in [0.25, 0.3) is 0 Å². The summed E-state index contributed by atoms with van der Waals surface area (Å²) in [5.74, 6) is 0. The van der Waals surface area contributed by atoms with Gasteiger partial charge in [-0.2, -0.15) is 5.10 Å². The van der Waals surface area contributed by atoms with Crippen molar-refractivity contribution in [2.24, 2.45) is 7.05 Å². The molecule has 2 amide bonds. The predicted molar refractivity (Wildman–Crippen MR) is 90.9 cm³/mol. The lowest BCUT2D eigenvalue weighted by Gasteiger charge is -2.21. The average Bonchev–Trinajstić information content (AvgIpc) is 3.06. The topological polar surface area (TPSA) is 81.1 Å². The van der Waals surface area contributed by atoms with Gasteiger partial charge in [-0.05, 0) is 38.8 Å². The molecule has 1 saturated heterocycles. The lowest BCUT2D eigenvalue weighted by molar-refractivity contribution is 0.0993. The standard InChI is InChI=1S/C17H23N5O2/c1-10-5-7-18-9-14(10)20-17(23)19-13-6-8-24-16(13)15-11(2)21-22(4)12(15)3/h5,7,9,13,16H,6,8H2,1-4H3,(H2,19,20,23)/t13-,16-/m0/s1. The zero-order valence-electron chi connectivity index (χ0n) is 14.5. The molecule has 0 aliphatic carbocycles. The number of aryl methyl sites for hydroxylation is 3. The van der Waals surface area contributed by atoms with Crippen molar-refractivity contribution in [3.05, 3.63) is 41.0 Å². The first-order valence-electron chi connectivity index (χ1n) is 8.07. The molecule has 0 spiro atoms. The molecular formula is C17H23N5O2. The molecule has 0 saturated carbocycles. The number of aromatic nitrogens is 3. The van der Waals surface area contributed by atoms with E-state index in [1.165, 1.54) is 0 Å². The normalized spacial score (nSPS) is 20.2. The maximum atomic E-state index is 12.3. The van der Waals surface area contributed by atoms with Gasteiger partial charge >= 0.3 is 6.03 Å². The maximum absolute atomic E-state index is 12.3. The van der Waals surface area contributed by atoms with Gasteiger partial charge in [0.1, 0.15) is 6.10 Å². The fourth-order valence-corrected chi connectivity index (χ4v) is 3.15. The number of amides is 2. The molecule has 1 aliphatic rings. The van der Waals surface area contributed by atoms with E-state index >= 15 is 0 Å². The van der Waals surface area contributed by atoms with Crippen LogP contribution in [0.15, 0.2) is 18.5 Å². The summed E-state index contributed by atoms with van der Waals surface area (Å²) in [4.78, 5) is 16.4. The molecule has 24 heavy (non-hydrogen) atoms. The Morgan fingerprint density at radius 2 is 2.17 bits per heavy atom. The minimum Gasteiger partial charge on any atom is -0.371 e. The Labute approximate surface area is 141 Å². The predicted octanol–water partition coefficient (Wildman–Crippen LogP) is 2.39. The van der Waals surface area contributed by atoms with E-state index in [0.29, 0.717) is 12.3 Å². The zero-order chi connectivity index (χ0) is 17.3. The Morgan fingerprint density at radius 3 is 2.83 bits per heavy atom. The molecule has 128 valence electrons. The second-order valence-electron chi connectivity index (χ2n) is 6.18. The van der Waals surface area contributed by atoms with E-state index in [1.54, 1.807) is 12.4 Å². The Hall–Kier alpha value is -2.41. The summed E-state index contributed by atoms with van der Waals surface area (Å²) in [6.45, 7) is 6.55. The van der Waals surface area contributed by atoms with Crippen LogP contribution in [-0.4, -0.2) is 33.4 Å². The van der Waals surface area contributed by atoms with Gasteiger partial charge in [-0.1, -0.05) is 0 Å². The smallest absolute Gasteiger partial charge is 0.319 e.